The van der Waals surface area contributed by atoms with Crippen LogP contribution in [0.2, 0.25) is 0 Å². The molecule has 9 nitrogen and oxygen atoms in total. The number of carbonyl (C=O) groups excluding carboxylic acids is 3. The Labute approximate surface area is 241 Å². The predicted molar refractivity (Wildman–Crippen MR) is 153 cm³/mol. The lowest BCUT2D eigenvalue weighted by atomic mass is 9.74. The monoisotopic (exact) mass is 563 g/mol. The molecule has 1 unspecified atom stereocenters. The van der Waals surface area contributed by atoms with Gasteiger partial charge in [0.2, 0.25) is 17.7 Å². The zero-order chi connectivity index (χ0) is 28.8. The summed E-state index contributed by atoms with van der Waals surface area (Å²) in [6.07, 6.45) is 13.3. The van der Waals surface area contributed by atoms with Gasteiger partial charge < -0.3 is 29.3 Å². The molecule has 220 valence electrons. The van der Waals surface area contributed by atoms with Gasteiger partial charge in [-0.2, -0.15) is 0 Å². The number of aliphatic hydroxyl groups is 1. The van der Waals surface area contributed by atoms with E-state index in [9.17, 15) is 19.5 Å². The van der Waals surface area contributed by atoms with Crippen molar-refractivity contribution in [3.8, 4) is 5.75 Å². The normalized spacial score (nSPS) is 33.5. The summed E-state index contributed by atoms with van der Waals surface area (Å²) in [6, 6.07) is 6.64. The van der Waals surface area contributed by atoms with Crippen molar-refractivity contribution in [2.24, 2.45) is 11.8 Å². The third kappa shape index (κ3) is 4.48. The Kier molecular flexibility index (Phi) is 7.44. The fraction of sp³-hybridized carbons (Fsp3) is 0.594. The molecular formula is C32H41N3O6. The van der Waals surface area contributed by atoms with Crippen molar-refractivity contribution in [3.63, 3.8) is 0 Å². The van der Waals surface area contributed by atoms with Crippen LogP contribution < -0.4 is 9.64 Å². The van der Waals surface area contributed by atoms with E-state index in [1.54, 1.807) is 9.80 Å². The third-order valence-electron chi connectivity index (χ3n) is 9.62. The SMILES string of the molecule is CCOc1ccc(N2CC=C[C@]3(C)O[C@]45C=CCN(C6CCCCC6)C(=O)C4N(CCCO)C(=O)[C@@H]5[C@@H]3C2=O)cc1. The summed E-state index contributed by atoms with van der Waals surface area (Å²) in [5, 5.41) is 9.65. The molecule has 1 aromatic carbocycles. The van der Waals surface area contributed by atoms with E-state index in [2.05, 4.69) is 0 Å². The summed E-state index contributed by atoms with van der Waals surface area (Å²) in [7, 11) is 0. The molecule has 1 aliphatic carbocycles. The van der Waals surface area contributed by atoms with Crippen LogP contribution in [0.3, 0.4) is 0 Å². The molecule has 4 heterocycles. The summed E-state index contributed by atoms with van der Waals surface area (Å²) in [5.74, 6) is -1.52. The standard InChI is InChI=1S/C32H41N3O6/c1-3-40-24-14-12-23(13-15-24)33-18-7-16-31(2)25(28(33)37)26-29(38)35(20-9-21-36)27-30(39)34(22-10-5-4-6-11-22)19-8-17-32(26,27)41-31/h7-8,12-17,22,25-27,36H,3-6,9-11,18-21H2,1-2H3/t25-,26+,27?,31+,32+/m1/s1. The molecule has 0 bridgehead atoms. The Bertz CT molecular complexity index is 1240. The topological polar surface area (TPSA) is 99.6 Å². The number of hydrogen-bond acceptors (Lipinski definition) is 6. The van der Waals surface area contributed by atoms with Gasteiger partial charge in [0.25, 0.3) is 0 Å². The van der Waals surface area contributed by atoms with Gasteiger partial charge in [0.1, 0.15) is 17.4 Å². The second-order valence-electron chi connectivity index (χ2n) is 12.1. The van der Waals surface area contributed by atoms with Crippen LogP contribution in [0, 0.1) is 11.8 Å². The molecule has 0 aromatic heterocycles. The molecule has 2 saturated heterocycles. The van der Waals surface area contributed by atoms with Crippen LogP contribution in [0.25, 0.3) is 0 Å². The highest BCUT2D eigenvalue weighted by molar-refractivity contribution is 6.04. The maximum absolute atomic E-state index is 14.4. The maximum atomic E-state index is 14.4. The van der Waals surface area contributed by atoms with Crippen molar-refractivity contribution >= 4 is 23.4 Å². The quantitative estimate of drug-likeness (QED) is 0.512. The van der Waals surface area contributed by atoms with Crippen LogP contribution in [0.4, 0.5) is 5.69 Å². The van der Waals surface area contributed by atoms with E-state index in [0.29, 0.717) is 31.8 Å². The first-order chi connectivity index (χ1) is 19.8. The number of aliphatic hydroxyl groups excluding tert-OH is 1. The Hall–Kier alpha value is -3.17. The van der Waals surface area contributed by atoms with Gasteiger partial charge >= 0.3 is 0 Å². The fourth-order valence-electron chi connectivity index (χ4n) is 7.86. The minimum Gasteiger partial charge on any atom is -0.494 e. The van der Waals surface area contributed by atoms with Crippen LogP contribution in [-0.2, 0) is 19.1 Å². The first-order valence-corrected chi connectivity index (χ1v) is 15.2. The molecule has 6 rings (SSSR count). The highest BCUT2D eigenvalue weighted by Gasteiger charge is 2.74. The molecule has 5 aliphatic rings. The molecule has 9 heteroatoms. The summed E-state index contributed by atoms with van der Waals surface area (Å²) >= 11 is 0. The Morgan fingerprint density at radius 3 is 2.39 bits per heavy atom. The van der Waals surface area contributed by atoms with Crippen LogP contribution in [-0.4, -0.2) is 88.8 Å². The van der Waals surface area contributed by atoms with Gasteiger partial charge in [-0.25, -0.2) is 0 Å². The number of ether oxygens (including phenoxy) is 2. The zero-order valence-electron chi connectivity index (χ0n) is 24.0. The van der Waals surface area contributed by atoms with E-state index >= 15 is 0 Å². The average molecular weight is 564 g/mol. The van der Waals surface area contributed by atoms with E-state index in [4.69, 9.17) is 9.47 Å². The van der Waals surface area contributed by atoms with Crippen molar-refractivity contribution in [2.45, 2.75) is 75.7 Å². The summed E-state index contributed by atoms with van der Waals surface area (Å²) in [4.78, 5) is 48.5. The molecule has 4 aliphatic heterocycles. The number of benzene rings is 1. The van der Waals surface area contributed by atoms with Crippen LogP contribution in [0.5, 0.6) is 5.75 Å². The average Bonchev–Trinajstić information content (AvgIpc) is 3.23. The molecule has 3 fully saturated rings. The summed E-state index contributed by atoms with van der Waals surface area (Å²) in [5.41, 5.74) is -1.62. The van der Waals surface area contributed by atoms with Gasteiger partial charge in [-0.1, -0.05) is 43.6 Å². The van der Waals surface area contributed by atoms with E-state index in [1.165, 1.54) is 6.42 Å². The smallest absolute Gasteiger partial charge is 0.249 e. The largest absolute Gasteiger partial charge is 0.494 e. The summed E-state index contributed by atoms with van der Waals surface area (Å²) < 4.78 is 12.5. The Morgan fingerprint density at radius 2 is 1.68 bits per heavy atom. The number of likely N-dealkylation sites (tertiary alicyclic amines) is 1. The first kappa shape index (κ1) is 28.0. The lowest BCUT2D eigenvalue weighted by molar-refractivity contribution is -0.152. The first-order valence-electron chi connectivity index (χ1n) is 15.2. The molecular weight excluding hydrogens is 522 g/mol. The number of rotatable bonds is 7. The summed E-state index contributed by atoms with van der Waals surface area (Å²) in [6.45, 7) is 5.28. The minimum atomic E-state index is -1.27. The molecule has 1 spiro atoms. The number of carbonyl (C=O) groups is 3. The van der Waals surface area contributed by atoms with E-state index in [1.807, 2.05) is 67.3 Å². The molecule has 1 N–H and O–H groups in total. The lowest BCUT2D eigenvalue weighted by Crippen LogP contribution is -2.57. The molecule has 41 heavy (non-hydrogen) atoms. The second-order valence-corrected chi connectivity index (χ2v) is 12.1. The van der Waals surface area contributed by atoms with E-state index in [-0.39, 0.29) is 36.9 Å². The number of hydrogen-bond donors (Lipinski definition) is 1. The van der Waals surface area contributed by atoms with Crippen molar-refractivity contribution < 1.29 is 29.0 Å². The molecule has 1 saturated carbocycles. The molecule has 1 aromatic rings. The highest BCUT2D eigenvalue weighted by Crippen LogP contribution is 2.57. The van der Waals surface area contributed by atoms with Gasteiger partial charge in [-0.3, -0.25) is 14.4 Å². The van der Waals surface area contributed by atoms with E-state index < -0.39 is 29.1 Å². The number of nitrogens with zero attached hydrogens (tertiary/aromatic N) is 3. The fourth-order valence-corrected chi connectivity index (χ4v) is 7.86. The van der Waals surface area contributed by atoms with E-state index in [0.717, 1.165) is 31.4 Å². The van der Waals surface area contributed by atoms with Crippen molar-refractivity contribution in [3.05, 3.63) is 48.6 Å². The predicted octanol–water partition coefficient (Wildman–Crippen LogP) is 3.07. The van der Waals surface area contributed by atoms with Gasteiger partial charge in [0, 0.05) is 38.0 Å². The Morgan fingerprint density at radius 1 is 0.951 bits per heavy atom. The third-order valence-corrected chi connectivity index (χ3v) is 9.62. The minimum absolute atomic E-state index is 0.0975. The van der Waals surface area contributed by atoms with Gasteiger partial charge in [-0.15, -0.1) is 0 Å². The zero-order valence-corrected chi connectivity index (χ0v) is 24.0. The molecule has 0 radical (unpaired) electrons. The maximum Gasteiger partial charge on any atom is 0.249 e. The van der Waals surface area contributed by atoms with Crippen molar-refractivity contribution in [2.75, 3.05) is 37.7 Å². The van der Waals surface area contributed by atoms with Gasteiger partial charge in [0.15, 0.2) is 0 Å². The number of anilines is 1. The van der Waals surface area contributed by atoms with Crippen LogP contribution >= 0.6 is 0 Å². The Balaban J connectivity index is 1.40. The molecule has 3 amide bonds. The van der Waals surface area contributed by atoms with Crippen LogP contribution in [0.15, 0.2) is 48.6 Å². The van der Waals surface area contributed by atoms with Crippen LogP contribution in [0.1, 0.15) is 52.4 Å². The molecule has 5 atom stereocenters. The lowest BCUT2D eigenvalue weighted by Gasteiger charge is -2.40. The highest BCUT2D eigenvalue weighted by atomic mass is 16.5. The van der Waals surface area contributed by atoms with Gasteiger partial charge in [0.05, 0.1) is 24.0 Å². The van der Waals surface area contributed by atoms with Crippen molar-refractivity contribution in [1.82, 2.24) is 9.80 Å². The second kappa shape index (κ2) is 10.9. The number of amides is 3. The van der Waals surface area contributed by atoms with Gasteiger partial charge in [-0.05, 0) is 57.4 Å². The number of fused-ring (bicyclic) bond motifs is 2. The van der Waals surface area contributed by atoms with Crippen molar-refractivity contribution in [1.29, 1.82) is 0 Å².